The van der Waals surface area contributed by atoms with E-state index in [1.54, 1.807) is 37.8 Å². The van der Waals surface area contributed by atoms with Crippen LogP contribution in [0.5, 0.6) is 0 Å². The van der Waals surface area contributed by atoms with Crippen LogP contribution in [-0.4, -0.2) is 62.9 Å². The molecule has 2 heterocycles. The Bertz CT molecular complexity index is 1060. The zero-order chi connectivity index (χ0) is 23.5. The Balaban J connectivity index is 1.92. The van der Waals surface area contributed by atoms with E-state index in [0.717, 1.165) is 31.0 Å². The number of rotatable bonds is 6. The van der Waals surface area contributed by atoms with E-state index in [0.29, 0.717) is 30.9 Å². The number of carbonyl (C=O) groups is 1. The number of sulfonamides is 1. The number of furan rings is 1. The first-order valence-corrected chi connectivity index (χ1v) is 12.4. The molecule has 9 heteroatoms. The van der Waals surface area contributed by atoms with Gasteiger partial charge in [-0.1, -0.05) is 0 Å². The highest BCUT2D eigenvalue weighted by atomic mass is 32.2. The van der Waals surface area contributed by atoms with Gasteiger partial charge >= 0.3 is 0 Å². The Kier molecular flexibility index (Phi) is 7.32. The Morgan fingerprint density at radius 3 is 2.50 bits per heavy atom. The summed E-state index contributed by atoms with van der Waals surface area (Å²) in [5.41, 5.74) is 0.253. The van der Waals surface area contributed by atoms with Crippen molar-refractivity contribution in [3.63, 3.8) is 0 Å². The van der Waals surface area contributed by atoms with Gasteiger partial charge in [-0.25, -0.2) is 13.1 Å². The third-order valence-electron chi connectivity index (χ3n) is 5.17. The molecular formula is C23H34N4O4S. The van der Waals surface area contributed by atoms with Gasteiger partial charge in [-0.2, -0.15) is 0 Å². The van der Waals surface area contributed by atoms with Crippen molar-refractivity contribution >= 4 is 21.6 Å². The molecule has 1 aliphatic rings. The number of anilines is 1. The predicted octanol–water partition coefficient (Wildman–Crippen LogP) is 3.05. The second-order valence-corrected chi connectivity index (χ2v) is 11.1. The molecule has 2 N–H and O–H groups in total. The lowest BCUT2D eigenvalue weighted by molar-refractivity contribution is 0.0762. The molecule has 0 radical (unpaired) electrons. The second-order valence-electron chi connectivity index (χ2n) is 9.42. The summed E-state index contributed by atoms with van der Waals surface area (Å²) in [5.74, 6) is 1.37. The van der Waals surface area contributed by atoms with Gasteiger partial charge in [0.25, 0.3) is 5.91 Å². The average molecular weight is 463 g/mol. The second kappa shape index (κ2) is 9.64. The van der Waals surface area contributed by atoms with E-state index in [2.05, 4.69) is 14.9 Å². The van der Waals surface area contributed by atoms with E-state index in [1.807, 2.05) is 26.1 Å². The number of carbonyl (C=O) groups excluding carboxylic acids is 1. The number of aryl methyl sites for hydroxylation is 1. The molecule has 8 nitrogen and oxygen atoms in total. The van der Waals surface area contributed by atoms with Crippen LogP contribution in [0.15, 0.2) is 39.6 Å². The highest BCUT2D eigenvalue weighted by Crippen LogP contribution is 2.23. The van der Waals surface area contributed by atoms with Crippen LogP contribution < -0.4 is 10.0 Å². The van der Waals surface area contributed by atoms with Gasteiger partial charge in [-0.15, -0.1) is 0 Å². The first-order valence-electron chi connectivity index (χ1n) is 10.9. The molecule has 1 fully saturated rings. The van der Waals surface area contributed by atoms with Gasteiger partial charge in [0.15, 0.2) is 0 Å². The number of nitrogens with one attached hydrogen (secondary N) is 2. The minimum Gasteiger partial charge on any atom is -0.465 e. The summed E-state index contributed by atoms with van der Waals surface area (Å²) in [7, 11) is -1.78. The molecule has 0 bridgehead atoms. The fourth-order valence-corrected chi connectivity index (χ4v) is 5.13. The Hall–Kier alpha value is -2.36. The molecule has 32 heavy (non-hydrogen) atoms. The molecule has 0 unspecified atom stereocenters. The molecule has 2 aromatic rings. The summed E-state index contributed by atoms with van der Waals surface area (Å²) in [6.07, 6.45) is 0.884. The van der Waals surface area contributed by atoms with Gasteiger partial charge in [0.05, 0.1) is 11.4 Å². The molecule has 1 aromatic carbocycles. The minimum atomic E-state index is -3.81. The SMILES string of the molecule is Cc1ccc(CNc2cc(C(=O)N3CCCN(C)CC3)cc(S(=O)(=O)NC(C)(C)C)c2)o1. The van der Waals surface area contributed by atoms with Crippen molar-refractivity contribution in [2.45, 2.75) is 51.1 Å². The number of likely N-dealkylation sites (N-methyl/N-ethyl adjacent to an activating group) is 1. The van der Waals surface area contributed by atoms with Crippen molar-refractivity contribution in [3.8, 4) is 0 Å². The lowest BCUT2D eigenvalue weighted by Gasteiger charge is -2.23. The molecular weight excluding hydrogens is 428 g/mol. The summed E-state index contributed by atoms with van der Waals surface area (Å²) < 4.78 is 34.3. The van der Waals surface area contributed by atoms with E-state index < -0.39 is 15.6 Å². The molecule has 1 saturated heterocycles. The van der Waals surface area contributed by atoms with Gasteiger partial charge in [0.2, 0.25) is 10.0 Å². The fraction of sp³-hybridized carbons (Fsp3) is 0.522. The maximum atomic E-state index is 13.3. The van der Waals surface area contributed by atoms with Gasteiger partial charge in [-0.05, 0) is 78.0 Å². The largest absolute Gasteiger partial charge is 0.465 e. The quantitative estimate of drug-likeness (QED) is 0.685. The number of amides is 1. The molecule has 176 valence electrons. The Morgan fingerprint density at radius 2 is 1.84 bits per heavy atom. The monoisotopic (exact) mass is 462 g/mol. The Labute approximate surface area is 191 Å². The third-order valence-corrected chi connectivity index (χ3v) is 6.91. The first-order chi connectivity index (χ1) is 14.9. The summed E-state index contributed by atoms with van der Waals surface area (Å²) >= 11 is 0. The number of nitrogens with zero attached hydrogens (tertiary/aromatic N) is 2. The maximum Gasteiger partial charge on any atom is 0.254 e. The van der Waals surface area contributed by atoms with E-state index in [4.69, 9.17) is 4.42 Å². The van der Waals surface area contributed by atoms with Crippen molar-refractivity contribution < 1.29 is 17.6 Å². The third kappa shape index (κ3) is 6.57. The molecule has 0 aliphatic carbocycles. The van der Waals surface area contributed by atoms with E-state index in [9.17, 15) is 13.2 Å². The zero-order valence-electron chi connectivity index (χ0n) is 19.6. The van der Waals surface area contributed by atoms with Crippen LogP contribution in [0.3, 0.4) is 0 Å². The van der Waals surface area contributed by atoms with Crippen LogP contribution in [0.2, 0.25) is 0 Å². The average Bonchev–Trinajstić information content (AvgIpc) is 2.99. The molecule has 1 aromatic heterocycles. The van der Waals surface area contributed by atoms with Crippen molar-refractivity contribution in [1.82, 2.24) is 14.5 Å². The van der Waals surface area contributed by atoms with Crippen molar-refractivity contribution in [1.29, 1.82) is 0 Å². The number of hydrogen-bond acceptors (Lipinski definition) is 6. The molecule has 0 atom stereocenters. The minimum absolute atomic E-state index is 0.0586. The van der Waals surface area contributed by atoms with E-state index >= 15 is 0 Å². The number of benzene rings is 1. The summed E-state index contributed by atoms with van der Waals surface area (Å²) in [6.45, 7) is 10.6. The van der Waals surface area contributed by atoms with Crippen LogP contribution >= 0.6 is 0 Å². The zero-order valence-corrected chi connectivity index (χ0v) is 20.4. The van der Waals surface area contributed by atoms with Crippen LogP contribution in [0, 0.1) is 6.92 Å². The van der Waals surface area contributed by atoms with Crippen molar-refractivity contribution in [2.75, 3.05) is 38.5 Å². The van der Waals surface area contributed by atoms with E-state index in [-0.39, 0.29) is 10.8 Å². The van der Waals surface area contributed by atoms with Crippen LogP contribution in [0.4, 0.5) is 5.69 Å². The predicted molar refractivity (Wildman–Crippen MR) is 125 cm³/mol. The smallest absolute Gasteiger partial charge is 0.254 e. The van der Waals surface area contributed by atoms with Crippen molar-refractivity contribution in [2.24, 2.45) is 0 Å². The van der Waals surface area contributed by atoms with Crippen molar-refractivity contribution in [3.05, 3.63) is 47.4 Å². The summed E-state index contributed by atoms with van der Waals surface area (Å²) in [4.78, 5) is 17.3. The van der Waals surface area contributed by atoms with Gasteiger partial charge in [-0.3, -0.25) is 4.79 Å². The lowest BCUT2D eigenvalue weighted by atomic mass is 10.1. The highest BCUT2D eigenvalue weighted by Gasteiger charge is 2.26. The molecule has 1 aliphatic heterocycles. The molecule has 0 saturated carbocycles. The molecule has 3 rings (SSSR count). The molecule has 1 amide bonds. The highest BCUT2D eigenvalue weighted by molar-refractivity contribution is 7.89. The first kappa shape index (κ1) is 24.3. The summed E-state index contributed by atoms with van der Waals surface area (Å²) in [6, 6.07) is 8.47. The Morgan fingerprint density at radius 1 is 1.09 bits per heavy atom. The topological polar surface area (TPSA) is 94.9 Å². The summed E-state index contributed by atoms with van der Waals surface area (Å²) in [5, 5.41) is 3.20. The van der Waals surface area contributed by atoms with E-state index in [1.165, 1.54) is 6.07 Å². The van der Waals surface area contributed by atoms with Gasteiger partial charge < -0.3 is 19.5 Å². The fourth-order valence-electron chi connectivity index (χ4n) is 3.64. The standard InChI is InChI=1S/C23H34N4O4S/c1-17-7-8-20(31-17)16-24-19-13-18(22(28)27-10-6-9-26(5)11-12-27)14-21(15-19)32(29,30)25-23(2,3)4/h7-8,13-15,24-25H,6,9-12,16H2,1-5H3. The lowest BCUT2D eigenvalue weighted by Crippen LogP contribution is -2.40. The molecule has 0 spiro atoms. The van der Waals surface area contributed by atoms with Gasteiger partial charge in [0.1, 0.15) is 11.5 Å². The maximum absolute atomic E-state index is 13.3. The normalized spacial score (nSPS) is 16.1. The van der Waals surface area contributed by atoms with Gasteiger partial charge in [0, 0.05) is 36.4 Å². The van der Waals surface area contributed by atoms with Crippen LogP contribution in [0.1, 0.15) is 49.1 Å². The van der Waals surface area contributed by atoms with Crippen LogP contribution in [-0.2, 0) is 16.6 Å². The van der Waals surface area contributed by atoms with Crippen LogP contribution in [0.25, 0.3) is 0 Å². The number of hydrogen-bond donors (Lipinski definition) is 2.